The number of carbonyl (C=O) groups excluding carboxylic acids is 1. The number of hydrogen-bond donors (Lipinski definition) is 3. The summed E-state index contributed by atoms with van der Waals surface area (Å²) in [5, 5.41) is 20.5. The van der Waals surface area contributed by atoms with Gasteiger partial charge in [-0.25, -0.2) is 4.79 Å². The molecule has 0 saturated carbocycles. The quantitative estimate of drug-likeness (QED) is 0.663. The summed E-state index contributed by atoms with van der Waals surface area (Å²) >= 11 is 1.06. The van der Waals surface area contributed by atoms with Crippen LogP contribution in [0.15, 0.2) is 22.8 Å². The summed E-state index contributed by atoms with van der Waals surface area (Å²) in [5.41, 5.74) is 0. The highest BCUT2D eigenvalue weighted by atomic mass is 32.2. The van der Waals surface area contributed by atoms with Crippen molar-refractivity contribution in [2.24, 2.45) is 0 Å². The average Bonchev–Trinajstić information content (AvgIpc) is 2.89. The van der Waals surface area contributed by atoms with Gasteiger partial charge in [-0.1, -0.05) is 25.1 Å². The van der Waals surface area contributed by atoms with E-state index < -0.39 is 18.1 Å². The van der Waals surface area contributed by atoms with E-state index in [0.29, 0.717) is 5.75 Å². The largest absolute Gasteiger partial charge is 0.479 e. The van der Waals surface area contributed by atoms with Crippen molar-refractivity contribution in [3.63, 3.8) is 0 Å². The van der Waals surface area contributed by atoms with Crippen molar-refractivity contribution in [2.75, 3.05) is 5.75 Å². The van der Waals surface area contributed by atoms with Crippen LogP contribution in [0.25, 0.3) is 0 Å². The molecule has 0 spiro atoms. The standard InChI is InChI=1S/C12H17NO5S/c1-2-3-7-19-12(17)13-9(10(14)11(15)16)8-5-4-6-18-8/h4-6,9-10,14H,2-3,7H2,1H3,(H,13,17)(H,15,16)/t9-,10+/m0/s1. The fraction of sp³-hybridized carbons (Fsp3) is 0.500. The van der Waals surface area contributed by atoms with E-state index in [9.17, 15) is 14.7 Å². The molecule has 0 aliphatic carbocycles. The fourth-order valence-electron chi connectivity index (χ4n) is 1.39. The molecule has 0 aliphatic heterocycles. The summed E-state index contributed by atoms with van der Waals surface area (Å²) in [6.45, 7) is 2.01. The number of carboxylic acid groups (broad SMARTS) is 1. The SMILES string of the molecule is CCCCSC(=O)N[C@@H](c1ccco1)[C@@H](O)C(=O)O. The van der Waals surface area contributed by atoms with E-state index in [4.69, 9.17) is 9.52 Å². The maximum Gasteiger partial charge on any atom is 0.335 e. The van der Waals surface area contributed by atoms with Crippen LogP contribution in [0.1, 0.15) is 31.6 Å². The Kier molecular flexibility index (Phi) is 6.44. The predicted octanol–water partition coefficient (Wildman–Crippen LogP) is 2.01. The molecule has 0 radical (unpaired) electrons. The zero-order valence-electron chi connectivity index (χ0n) is 10.5. The maximum absolute atomic E-state index is 11.7. The lowest BCUT2D eigenvalue weighted by Crippen LogP contribution is -2.38. The molecule has 106 valence electrons. The van der Waals surface area contributed by atoms with Crippen molar-refractivity contribution < 1.29 is 24.2 Å². The van der Waals surface area contributed by atoms with Crippen LogP contribution in [-0.2, 0) is 4.79 Å². The van der Waals surface area contributed by atoms with Crippen LogP contribution in [0.2, 0.25) is 0 Å². The minimum atomic E-state index is -1.75. The van der Waals surface area contributed by atoms with Gasteiger partial charge in [0.1, 0.15) is 11.8 Å². The van der Waals surface area contributed by atoms with Gasteiger partial charge in [-0.2, -0.15) is 0 Å². The highest BCUT2D eigenvalue weighted by Crippen LogP contribution is 2.20. The van der Waals surface area contributed by atoms with E-state index in [1.807, 2.05) is 6.92 Å². The van der Waals surface area contributed by atoms with E-state index >= 15 is 0 Å². The molecule has 0 aromatic carbocycles. The summed E-state index contributed by atoms with van der Waals surface area (Å²) in [5.74, 6) is -0.560. The Morgan fingerprint density at radius 1 is 1.53 bits per heavy atom. The summed E-state index contributed by atoms with van der Waals surface area (Å²) < 4.78 is 5.05. The number of unbranched alkanes of at least 4 members (excludes halogenated alkanes) is 1. The summed E-state index contributed by atoms with van der Waals surface area (Å²) in [6, 6.07) is 1.98. The molecular weight excluding hydrogens is 270 g/mol. The lowest BCUT2D eigenvalue weighted by molar-refractivity contribution is -0.148. The molecule has 0 bridgehead atoms. The fourth-order valence-corrected chi connectivity index (χ4v) is 2.22. The van der Waals surface area contributed by atoms with Gasteiger partial charge in [-0.05, 0) is 18.6 Å². The molecule has 1 aromatic heterocycles. The Hall–Kier alpha value is -1.47. The van der Waals surface area contributed by atoms with Crippen molar-refractivity contribution in [3.8, 4) is 0 Å². The van der Waals surface area contributed by atoms with E-state index in [2.05, 4.69) is 5.32 Å². The number of amides is 1. The van der Waals surface area contributed by atoms with Gasteiger partial charge >= 0.3 is 5.97 Å². The lowest BCUT2D eigenvalue weighted by atomic mass is 10.1. The molecule has 2 atom stereocenters. The molecule has 7 heteroatoms. The first kappa shape index (κ1) is 15.6. The molecule has 1 aromatic rings. The first-order valence-electron chi connectivity index (χ1n) is 5.93. The Labute approximate surface area is 115 Å². The first-order chi connectivity index (χ1) is 9.06. The van der Waals surface area contributed by atoms with Crippen LogP contribution < -0.4 is 5.32 Å². The number of aliphatic hydroxyl groups excluding tert-OH is 1. The molecule has 0 fully saturated rings. The molecule has 1 heterocycles. The molecule has 3 N–H and O–H groups in total. The monoisotopic (exact) mass is 287 g/mol. The molecule has 1 rings (SSSR count). The van der Waals surface area contributed by atoms with E-state index in [0.717, 1.165) is 24.6 Å². The van der Waals surface area contributed by atoms with Crippen molar-refractivity contribution >= 4 is 23.0 Å². The number of aliphatic carboxylic acids is 1. The average molecular weight is 287 g/mol. The number of aliphatic hydroxyl groups is 1. The number of carbonyl (C=O) groups is 2. The van der Waals surface area contributed by atoms with Crippen LogP contribution in [-0.4, -0.2) is 33.3 Å². The van der Waals surface area contributed by atoms with Crippen molar-refractivity contribution in [3.05, 3.63) is 24.2 Å². The molecule has 0 aliphatic rings. The third kappa shape index (κ3) is 4.96. The van der Waals surface area contributed by atoms with Crippen molar-refractivity contribution in [1.82, 2.24) is 5.32 Å². The van der Waals surface area contributed by atoms with Crippen LogP contribution in [0.3, 0.4) is 0 Å². The van der Waals surface area contributed by atoms with E-state index in [1.54, 1.807) is 6.07 Å². The number of hydrogen-bond acceptors (Lipinski definition) is 5. The number of rotatable bonds is 7. The van der Waals surface area contributed by atoms with E-state index in [1.165, 1.54) is 12.3 Å². The van der Waals surface area contributed by atoms with Gasteiger partial charge in [0.25, 0.3) is 5.24 Å². The third-order valence-corrected chi connectivity index (χ3v) is 3.30. The van der Waals surface area contributed by atoms with Gasteiger partial charge in [-0.15, -0.1) is 0 Å². The molecular formula is C12H17NO5S. The summed E-state index contributed by atoms with van der Waals surface area (Å²) in [4.78, 5) is 22.5. The minimum Gasteiger partial charge on any atom is -0.479 e. The van der Waals surface area contributed by atoms with Crippen molar-refractivity contribution in [2.45, 2.75) is 31.9 Å². The van der Waals surface area contributed by atoms with Crippen LogP contribution in [0.5, 0.6) is 0 Å². The number of thioether (sulfide) groups is 1. The van der Waals surface area contributed by atoms with Gasteiger partial charge < -0.3 is 19.9 Å². The number of carboxylic acids is 1. The third-order valence-electron chi connectivity index (χ3n) is 2.42. The van der Waals surface area contributed by atoms with Gasteiger partial charge in [-0.3, -0.25) is 4.79 Å². The predicted molar refractivity (Wildman–Crippen MR) is 71.0 cm³/mol. The van der Waals surface area contributed by atoms with Gasteiger partial charge in [0.05, 0.1) is 6.26 Å². The maximum atomic E-state index is 11.7. The highest BCUT2D eigenvalue weighted by molar-refractivity contribution is 8.13. The van der Waals surface area contributed by atoms with Crippen LogP contribution >= 0.6 is 11.8 Å². The Morgan fingerprint density at radius 2 is 2.26 bits per heavy atom. The Balaban J connectivity index is 2.65. The first-order valence-corrected chi connectivity index (χ1v) is 6.92. The van der Waals surface area contributed by atoms with Gasteiger partial charge in [0.15, 0.2) is 6.10 Å². The normalized spacial score (nSPS) is 13.8. The highest BCUT2D eigenvalue weighted by Gasteiger charge is 2.30. The second-order valence-corrected chi connectivity index (χ2v) is 4.98. The zero-order valence-corrected chi connectivity index (χ0v) is 11.4. The molecule has 19 heavy (non-hydrogen) atoms. The number of nitrogens with one attached hydrogen (secondary N) is 1. The van der Waals surface area contributed by atoms with E-state index in [-0.39, 0.29) is 11.0 Å². The Morgan fingerprint density at radius 3 is 2.79 bits per heavy atom. The lowest BCUT2D eigenvalue weighted by Gasteiger charge is -2.19. The minimum absolute atomic E-state index is 0.208. The Bertz CT molecular complexity index is 406. The number of furan rings is 1. The van der Waals surface area contributed by atoms with Crippen LogP contribution in [0.4, 0.5) is 4.79 Å². The van der Waals surface area contributed by atoms with Gasteiger partial charge in [0, 0.05) is 5.75 Å². The molecule has 0 unspecified atom stereocenters. The van der Waals surface area contributed by atoms with Crippen molar-refractivity contribution in [1.29, 1.82) is 0 Å². The molecule has 6 nitrogen and oxygen atoms in total. The second-order valence-electron chi connectivity index (χ2n) is 3.91. The topological polar surface area (TPSA) is 99.8 Å². The smallest absolute Gasteiger partial charge is 0.335 e. The second kappa shape index (κ2) is 7.85. The molecule has 0 saturated heterocycles. The van der Waals surface area contributed by atoms with Crippen LogP contribution in [0, 0.1) is 0 Å². The summed E-state index contributed by atoms with van der Waals surface area (Å²) in [7, 11) is 0. The zero-order chi connectivity index (χ0) is 14.3. The summed E-state index contributed by atoms with van der Waals surface area (Å²) in [6.07, 6.45) is 1.47. The molecule has 1 amide bonds. The van der Waals surface area contributed by atoms with Gasteiger partial charge in [0.2, 0.25) is 0 Å².